The zero-order valence-electron chi connectivity index (χ0n) is 18.4. The Bertz CT molecular complexity index is 1460. The molecule has 35 heavy (non-hydrogen) atoms. The van der Waals surface area contributed by atoms with E-state index >= 15 is 0 Å². The van der Waals surface area contributed by atoms with Crippen molar-refractivity contribution in [3.05, 3.63) is 71.5 Å². The van der Waals surface area contributed by atoms with Crippen molar-refractivity contribution in [2.45, 2.75) is 25.4 Å². The predicted molar refractivity (Wildman–Crippen MR) is 120 cm³/mol. The number of hydrogen-bond acceptors (Lipinski definition) is 5. The lowest BCUT2D eigenvalue weighted by Gasteiger charge is -2.29. The van der Waals surface area contributed by atoms with E-state index in [2.05, 4.69) is 10.1 Å². The molecule has 0 aliphatic carbocycles. The van der Waals surface area contributed by atoms with Gasteiger partial charge in [-0.05, 0) is 48.7 Å². The number of carbonyl (C=O) groups is 1. The van der Waals surface area contributed by atoms with Crippen LogP contribution in [0.15, 0.2) is 54.7 Å². The van der Waals surface area contributed by atoms with Gasteiger partial charge in [0.1, 0.15) is 0 Å². The zero-order valence-corrected chi connectivity index (χ0v) is 18.4. The molecule has 2 aromatic carbocycles. The first-order valence-corrected chi connectivity index (χ1v) is 11.1. The standard InChI is InChI=1S/C25H19F3N4O3/c26-25(27,28)22-12-18(16-7-8-20-21(10-16)35-14-34-20)30-24-17(13-29-32(22)24)11-23(33)31-9-3-5-15-4-1-2-6-19(15)31/h1-2,4,6-8,10,12-13H,3,5,9,11,14H2. The van der Waals surface area contributed by atoms with Crippen LogP contribution in [0.1, 0.15) is 23.2 Å². The molecule has 0 unspecified atom stereocenters. The van der Waals surface area contributed by atoms with Gasteiger partial charge in [0.15, 0.2) is 22.8 Å². The van der Waals surface area contributed by atoms with Gasteiger partial charge in [0.2, 0.25) is 12.7 Å². The fraction of sp³-hybridized carbons (Fsp3) is 0.240. The molecule has 7 nitrogen and oxygen atoms in total. The van der Waals surface area contributed by atoms with Crippen molar-refractivity contribution < 1.29 is 27.4 Å². The molecular weight excluding hydrogens is 461 g/mol. The first kappa shape index (κ1) is 21.5. The van der Waals surface area contributed by atoms with E-state index in [-0.39, 0.29) is 30.5 Å². The third-order valence-electron chi connectivity index (χ3n) is 6.26. The topological polar surface area (TPSA) is 69.0 Å². The Balaban J connectivity index is 1.41. The van der Waals surface area contributed by atoms with Gasteiger partial charge in [0.25, 0.3) is 0 Å². The zero-order chi connectivity index (χ0) is 24.2. The van der Waals surface area contributed by atoms with Crippen LogP contribution in [-0.4, -0.2) is 33.8 Å². The van der Waals surface area contributed by atoms with E-state index in [0.717, 1.165) is 34.7 Å². The smallest absolute Gasteiger partial charge is 0.433 e. The van der Waals surface area contributed by atoms with Crippen molar-refractivity contribution in [2.75, 3.05) is 18.2 Å². The lowest BCUT2D eigenvalue weighted by molar-refractivity contribution is -0.142. The van der Waals surface area contributed by atoms with Gasteiger partial charge >= 0.3 is 6.18 Å². The number of rotatable bonds is 3. The summed E-state index contributed by atoms with van der Waals surface area (Å²) in [5, 5.41) is 3.94. The third kappa shape index (κ3) is 3.74. The van der Waals surface area contributed by atoms with Crippen LogP contribution in [0.2, 0.25) is 0 Å². The van der Waals surface area contributed by atoms with E-state index in [1.165, 1.54) is 6.20 Å². The highest BCUT2D eigenvalue weighted by Gasteiger charge is 2.36. The minimum atomic E-state index is -4.68. The van der Waals surface area contributed by atoms with Gasteiger partial charge < -0.3 is 14.4 Å². The van der Waals surface area contributed by atoms with Gasteiger partial charge in [-0.3, -0.25) is 4.79 Å². The monoisotopic (exact) mass is 480 g/mol. The fourth-order valence-electron chi connectivity index (χ4n) is 4.59. The lowest BCUT2D eigenvalue weighted by atomic mass is 10.0. The summed E-state index contributed by atoms with van der Waals surface area (Å²) in [4.78, 5) is 19.4. The lowest BCUT2D eigenvalue weighted by Crippen LogP contribution is -2.36. The molecule has 178 valence electrons. The third-order valence-corrected chi connectivity index (χ3v) is 6.26. The van der Waals surface area contributed by atoms with E-state index in [0.29, 0.717) is 29.2 Å². The van der Waals surface area contributed by atoms with Crippen LogP contribution >= 0.6 is 0 Å². The molecule has 0 atom stereocenters. The molecular formula is C25H19F3N4O3. The normalized spacial score (nSPS) is 14.9. The highest BCUT2D eigenvalue weighted by Crippen LogP contribution is 2.38. The van der Waals surface area contributed by atoms with Crippen molar-refractivity contribution in [3.8, 4) is 22.8 Å². The van der Waals surface area contributed by atoms with Crippen molar-refractivity contribution in [1.82, 2.24) is 14.6 Å². The highest BCUT2D eigenvalue weighted by atomic mass is 19.4. The van der Waals surface area contributed by atoms with Gasteiger partial charge in [0, 0.05) is 23.4 Å². The molecule has 0 N–H and O–H groups in total. The Morgan fingerprint density at radius 3 is 2.74 bits per heavy atom. The number of para-hydroxylation sites is 1. The maximum atomic E-state index is 14.0. The van der Waals surface area contributed by atoms with E-state index in [1.807, 2.05) is 24.3 Å². The minimum Gasteiger partial charge on any atom is -0.454 e. The average Bonchev–Trinajstić information content (AvgIpc) is 3.49. The second-order valence-electron chi connectivity index (χ2n) is 8.45. The number of alkyl halides is 3. The number of ether oxygens (including phenoxy) is 2. The van der Waals surface area contributed by atoms with Crippen molar-refractivity contribution in [2.24, 2.45) is 0 Å². The predicted octanol–water partition coefficient (Wildman–Crippen LogP) is 4.67. The van der Waals surface area contributed by atoms with Gasteiger partial charge in [-0.1, -0.05) is 18.2 Å². The van der Waals surface area contributed by atoms with Gasteiger partial charge in [-0.2, -0.15) is 18.3 Å². The molecule has 4 aromatic rings. The molecule has 0 saturated carbocycles. The van der Waals surface area contributed by atoms with Crippen LogP contribution in [0.4, 0.5) is 18.9 Å². The van der Waals surface area contributed by atoms with Crippen molar-refractivity contribution in [3.63, 3.8) is 0 Å². The summed E-state index contributed by atoms with van der Waals surface area (Å²) in [6.07, 6.45) is -1.80. The molecule has 0 radical (unpaired) electrons. The van der Waals surface area contributed by atoms with Gasteiger partial charge in [0.05, 0.1) is 18.3 Å². The first-order chi connectivity index (χ1) is 16.9. The molecule has 1 amide bonds. The van der Waals surface area contributed by atoms with Crippen molar-refractivity contribution in [1.29, 1.82) is 0 Å². The summed E-state index contributed by atoms with van der Waals surface area (Å²) in [6.45, 7) is 0.603. The Kier molecular flexibility index (Phi) is 4.91. The second kappa shape index (κ2) is 8.00. The van der Waals surface area contributed by atoms with Gasteiger partial charge in [-0.25, -0.2) is 9.50 Å². The number of halogens is 3. The molecule has 2 aliphatic heterocycles. The Morgan fingerprint density at radius 2 is 1.89 bits per heavy atom. The number of aryl methyl sites for hydroxylation is 1. The number of carbonyl (C=O) groups excluding carboxylic acids is 1. The number of nitrogens with zero attached hydrogens (tertiary/aromatic N) is 4. The van der Waals surface area contributed by atoms with Crippen LogP contribution in [0.5, 0.6) is 11.5 Å². The summed E-state index contributed by atoms with van der Waals surface area (Å²) < 4.78 is 53.3. The van der Waals surface area contributed by atoms with Crippen LogP contribution in [0, 0.1) is 0 Å². The van der Waals surface area contributed by atoms with E-state index in [4.69, 9.17) is 9.47 Å². The summed E-state index contributed by atoms with van der Waals surface area (Å²) >= 11 is 0. The summed E-state index contributed by atoms with van der Waals surface area (Å²) in [6, 6.07) is 13.5. The van der Waals surface area contributed by atoms with E-state index in [1.54, 1.807) is 23.1 Å². The molecule has 0 fully saturated rings. The Hall–Kier alpha value is -4.08. The van der Waals surface area contributed by atoms with Crippen LogP contribution in [0.25, 0.3) is 16.9 Å². The number of amides is 1. The quantitative estimate of drug-likeness (QED) is 0.427. The van der Waals surface area contributed by atoms with E-state index < -0.39 is 11.9 Å². The molecule has 6 rings (SSSR count). The molecule has 0 spiro atoms. The summed E-state index contributed by atoms with van der Waals surface area (Å²) in [7, 11) is 0. The van der Waals surface area contributed by atoms with Crippen molar-refractivity contribution >= 4 is 17.2 Å². The van der Waals surface area contributed by atoms with Gasteiger partial charge in [-0.15, -0.1) is 0 Å². The molecule has 2 aliphatic rings. The molecule has 0 saturated heterocycles. The maximum absolute atomic E-state index is 14.0. The number of aromatic nitrogens is 3. The van der Waals surface area contributed by atoms with Crippen LogP contribution in [-0.2, 0) is 23.8 Å². The number of anilines is 1. The number of fused-ring (bicyclic) bond motifs is 3. The molecule has 2 aromatic heterocycles. The van der Waals surface area contributed by atoms with Crippen LogP contribution < -0.4 is 14.4 Å². The SMILES string of the molecule is O=C(Cc1cnn2c(C(F)(F)F)cc(-c3ccc4c(c3)OCO4)nc12)N1CCCc2ccccc21. The largest absolute Gasteiger partial charge is 0.454 e. The minimum absolute atomic E-state index is 0.00821. The molecule has 0 bridgehead atoms. The Labute approximate surface area is 197 Å². The Morgan fingerprint density at radius 1 is 1.06 bits per heavy atom. The summed E-state index contributed by atoms with van der Waals surface area (Å²) in [5.41, 5.74) is 1.79. The van der Waals surface area contributed by atoms with Crippen LogP contribution in [0.3, 0.4) is 0 Å². The molecule has 4 heterocycles. The van der Waals surface area contributed by atoms with E-state index in [9.17, 15) is 18.0 Å². The average molecular weight is 480 g/mol. The first-order valence-electron chi connectivity index (χ1n) is 11.1. The number of hydrogen-bond donors (Lipinski definition) is 0. The second-order valence-corrected chi connectivity index (χ2v) is 8.45. The highest BCUT2D eigenvalue weighted by molar-refractivity contribution is 5.96. The molecule has 10 heteroatoms. The maximum Gasteiger partial charge on any atom is 0.433 e. The summed E-state index contributed by atoms with van der Waals surface area (Å²) in [5.74, 6) is 0.740. The fourth-order valence-corrected chi connectivity index (χ4v) is 4.59. The number of benzene rings is 2.